The normalized spacial score (nSPS) is 23.5. The second-order valence-electron chi connectivity index (χ2n) is 4.65. The maximum atomic E-state index is 11.8. The second-order valence-corrected chi connectivity index (χ2v) is 4.65. The van der Waals surface area contributed by atoms with Crippen LogP contribution >= 0.6 is 0 Å². The van der Waals surface area contributed by atoms with Gasteiger partial charge in [-0.2, -0.15) is 0 Å². The highest BCUT2D eigenvalue weighted by Gasteiger charge is 2.40. The third-order valence-electron chi connectivity index (χ3n) is 3.06. The number of piperidine rings is 1. The molecule has 0 radical (unpaired) electrons. The van der Waals surface area contributed by atoms with Gasteiger partial charge in [0.15, 0.2) is 5.79 Å². The van der Waals surface area contributed by atoms with Crippen molar-refractivity contribution >= 4 is 5.91 Å². The summed E-state index contributed by atoms with van der Waals surface area (Å²) in [5.41, 5.74) is 1.04. The molecule has 2 aliphatic heterocycles. The molecule has 4 nitrogen and oxygen atoms in total. The Labute approximate surface area is 96.2 Å². The lowest BCUT2D eigenvalue weighted by molar-refractivity contribution is -0.186. The number of carbonyl (C=O) groups is 1. The Morgan fingerprint density at radius 2 is 1.75 bits per heavy atom. The lowest BCUT2D eigenvalue weighted by Crippen LogP contribution is -2.46. The Morgan fingerprint density at radius 1 is 1.19 bits per heavy atom. The van der Waals surface area contributed by atoms with Crippen LogP contribution in [-0.2, 0) is 14.3 Å². The van der Waals surface area contributed by atoms with Gasteiger partial charge in [0, 0.05) is 32.0 Å². The molecule has 90 valence electrons. The molecule has 2 fully saturated rings. The summed E-state index contributed by atoms with van der Waals surface area (Å²) in [5, 5.41) is 0. The molecule has 0 aromatic rings. The lowest BCUT2D eigenvalue weighted by Gasteiger charge is -2.37. The van der Waals surface area contributed by atoms with E-state index in [1.807, 2.05) is 18.7 Å². The molecule has 2 rings (SSSR count). The van der Waals surface area contributed by atoms with E-state index < -0.39 is 0 Å². The SMILES string of the molecule is CC(C)=CC(=O)N1CCC2(CC1)OCCO2. The molecular formula is C12H19NO3. The fraction of sp³-hybridized carbons (Fsp3) is 0.750. The molecule has 0 aliphatic carbocycles. The number of ether oxygens (including phenoxy) is 2. The summed E-state index contributed by atoms with van der Waals surface area (Å²) in [4.78, 5) is 13.6. The first-order valence-electron chi connectivity index (χ1n) is 5.83. The van der Waals surface area contributed by atoms with E-state index >= 15 is 0 Å². The molecule has 0 saturated carbocycles. The zero-order valence-electron chi connectivity index (χ0n) is 9.99. The van der Waals surface area contributed by atoms with Gasteiger partial charge in [0.05, 0.1) is 13.2 Å². The van der Waals surface area contributed by atoms with Gasteiger partial charge in [-0.05, 0) is 13.8 Å². The Morgan fingerprint density at radius 3 is 2.25 bits per heavy atom. The molecule has 0 unspecified atom stereocenters. The van der Waals surface area contributed by atoms with E-state index in [0.29, 0.717) is 13.2 Å². The van der Waals surface area contributed by atoms with E-state index in [2.05, 4.69) is 0 Å². The first kappa shape index (κ1) is 11.6. The van der Waals surface area contributed by atoms with Gasteiger partial charge in [0.2, 0.25) is 5.91 Å². The molecular weight excluding hydrogens is 206 g/mol. The average molecular weight is 225 g/mol. The highest BCUT2D eigenvalue weighted by molar-refractivity contribution is 5.88. The average Bonchev–Trinajstić information content (AvgIpc) is 2.66. The van der Waals surface area contributed by atoms with E-state index in [1.54, 1.807) is 6.08 Å². The van der Waals surface area contributed by atoms with Crippen molar-refractivity contribution in [1.29, 1.82) is 0 Å². The maximum absolute atomic E-state index is 11.8. The summed E-state index contributed by atoms with van der Waals surface area (Å²) in [7, 11) is 0. The van der Waals surface area contributed by atoms with Crippen molar-refractivity contribution in [1.82, 2.24) is 4.90 Å². The Hall–Kier alpha value is -0.870. The topological polar surface area (TPSA) is 38.8 Å². The third kappa shape index (κ3) is 2.44. The van der Waals surface area contributed by atoms with Crippen LogP contribution in [0, 0.1) is 0 Å². The number of hydrogen-bond acceptors (Lipinski definition) is 3. The van der Waals surface area contributed by atoms with Gasteiger partial charge in [-0.25, -0.2) is 0 Å². The van der Waals surface area contributed by atoms with Gasteiger partial charge in [-0.3, -0.25) is 4.79 Å². The zero-order chi connectivity index (χ0) is 11.6. The molecule has 2 heterocycles. The predicted octanol–water partition coefficient (Wildman–Crippen LogP) is 1.32. The van der Waals surface area contributed by atoms with Gasteiger partial charge in [-0.1, -0.05) is 5.57 Å². The molecule has 1 spiro atoms. The van der Waals surface area contributed by atoms with Crippen molar-refractivity contribution in [2.45, 2.75) is 32.5 Å². The summed E-state index contributed by atoms with van der Waals surface area (Å²) in [5.74, 6) is -0.283. The van der Waals surface area contributed by atoms with Gasteiger partial charge >= 0.3 is 0 Å². The largest absolute Gasteiger partial charge is 0.347 e. The van der Waals surface area contributed by atoms with Gasteiger partial charge in [-0.15, -0.1) is 0 Å². The van der Waals surface area contributed by atoms with Crippen LogP contribution < -0.4 is 0 Å². The molecule has 0 atom stereocenters. The fourth-order valence-corrected chi connectivity index (χ4v) is 2.19. The quantitative estimate of drug-likeness (QED) is 0.632. The molecule has 16 heavy (non-hydrogen) atoms. The van der Waals surface area contributed by atoms with E-state index in [4.69, 9.17) is 9.47 Å². The molecule has 0 aromatic carbocycles. The number of amides is 1. The summed E-state index contributed by atoms with van der Waals surface area (Å²) >= 11 is 0. The molecule has 0 bridgehead atoms. The molecule has 0 aromatic heterocycles. The van der Waals surface area contributed by atoms with Crippen molar-refractivity contribution in [3.63, 3.8) is 0 Å². The van der Waals surface area contributed by atoms with E-state index in [0.717, 1.165) is 31.5 Å². The first-order chi connectivity index (χ1) is 7.61. The lowest BCUT2D eigenvalue weighted by atomic mass is 10.0. The van der Waals surface area contributed by atoms with Crippen LogP contribution in [0.4, 0.5) is 0 Å². The minimum absolute atomic E-state index is 0.104. The number of hydrogen-bond donors (Lipinski definition) is 0. The van der Waals surface area contributed by atoms with E-state index in [9.17, 15) is 4.79 Å². The molecule has 1 amide bonds. The second kappa shape index (κ2) is 4.55. The predicted molar refractivity (Wildman–Crippen MR) is 59.9 cm³/mol. The van der Waals surface area contributed by atoms with Crippen molar-refractivity contribution in [2.24, 2.45) is 0 Å². The minimum atomic E-state index is -0.387. The first-order valence-corrected chi connectivity index (χ1v) is 5.83. The minimum Gasteiger partial charge on any atom is -0.347 e. The van der Waals surface area contributed by atoms with Gasteiger partial charge < -0.3 is 14.4 Å². The fourth-order valence-electron chi connectivity index (χ4n) is 2.19. The Kier molecular flexibility index (Phi) is 3.30. The van der Waals surface area contributed by atoms with Crippen molar-refractivity contribution in [3.8, 4) is 0 Å². The van der Waals surface area contributed by atoms with Crippen LogP contribution in [0.15, 0.2) is 11.6 Å². The van der Waals surface area contributed by atoms with Crippen molar-refractivity contribution in [2.75, 3.05) is 26.3 Å². The summed E-state index contributed by atoms with van der Waals surface area (Å²) in [6, 6.07) is 0. The van der Waals surface area contributed by atoms with Crippen LogP contribution in [0.1, 0.15) is 26.7 Å². The van der Waals surface area contributed by atoms with Crippen LogP contribution in [0.3, 0.4) is 0 Å². The summed E-state index contributed by atoms with van der Waals surface area (Å²) in [6.07, 6.45) is 3.26. The van der Waals surface area contributed by atoms with Crippen molar-refractivity contribution in [3.05, 3.63) is 11.6 Å². The number of likely N-dealkylation sites (tertiary alicyclic amines) is 1. The molecule has 0 N–H and O–H groups in total. The van der Waals surface area contributed by atoms with Gasteiger partial charge in [0.25, 0.3) is 0 Å². The van der Waals surface area contributed by atoms with Crippen LogP contribution in [0.2, 0.25) is 0 Å². The Balaban J connectivity index is 1.90. The number of rotatable bonds is 1. The molecule has 2 aliphatic rings. The number of allylic oxidation sites excluding steroid dienone is 1. The Bertz CT molecular complexity index is 291. The third-order valence-corrected chi connectivity index (χ3v) is 3.06. The highest BCUT2D eigenvalue weighted by atomic mass is 16.7. The number of nitrogens with zero attached hydrogens (tertiary/aromatic N) is 1. The monoisotopic (exact) mass is 225 g/mol. The van der Waals surface area contributed by atoms with Gasteiger partial charge in [0.1, 0.15) is 0 Å². The smallest absolute Gasteiger partial charge is 0.246 e. The molecule has 4 heteroatoms. The van der Waals surface area contributed by atoms with Crippen molar-refractivity contribution < 1.29 is 14.3 Å². The van der Waals surface area contributed by atoms with Crippen LogP contribution in [0.25, 0.3) is 0 Å². The molecule has 2 saturated heterocycles. The summed E-state index contributed by atoms with van der Waals surface area (Å²) < 4.78 is 11.2. The number of carbonyl (C=O) groups excluding carboxylic acids is 1. The van der Waals surface area contributed by atoms with E-state index in [-0.39, 0.29) is 11.7 Å². The summed E-state index contributed by atoms with van der Waals surface area (Å²) in [6.45, 7) is 6.69. The van der Waals surface area contributed by atoms with Crippen LogP contribution in [-0.4, -0.2) is 42.9 Å². The zero-order valence-corrected chi connectivity index (χ0v) is 9.99. The van der Waals surface area contributed by atoms with E-state index in [1.165, 1.54) is 0 Å². The standard InChI is InChI=1S/C12H19NO3/c1-10(2)9-11(14)13-5-3-12(4-6-13)15-7-8-16-12/h9H,3-8H2,1-2H3. The maximum Gasteiger partial charge on any atom is 0.246 e. The highest BCUT2D eigenvalue weighted by Crippen LogP contribution is 2.31. The van der Waals surface area contributed by atoms with Crippen LogP contribution in [0.5, 0.6) is 0 Å².